The number of ether oxygens (including phenoxy) is 9. The number of hydrogen-bond acceptors (Lipinski definition) is 9. The predicted molar refractivity (Wildman–Crippen MR) is 128 cm³/mol. The van der Waals surface area contributed by atoms with Crippen LogP contribution in [0.1, 0.15) is 0 Å². The van der Waals surface area contributed by atoms with Crippen molar-refractivity contribution in [2.75, 3.05) is 116 Å². The Hall–Kier alpha value is 0.800. The molecule has 0 bridgehead atoms. The molecule has 13 heteroatoms. The van der Waals surface area contributed by atoms with Gasteiger partial charge in [0.1, 0.15) is 0 Å². The first-order chi connectivity index (χ1) is 16.3. The van der Waals surface area contributed by atoms with Crippen molar-refractivity contribution < 1.29 is 42.6 Å². The van der Waals surface area contributed by atoms with Gasteiger partial charge in [-0.3, -0.25) is 0 Å². The van der Waals surface area contributed by atoms with E-state index in [9.17, 15) is 0 Å². The minimum Gasteiger partial charge on any atom is -0.378 e. The Labute approximate surface area is 217 Å². The van der Waals surface area contributed by atoms with Crippen molar-refractivity contribution in [1.82, 2.24) is 0 Å². The van der Waals surface area contributed by atoms with Crippen LogP contribution in [0.2, 0.25) is 0 Å². The normalized spacial score (nSPS) is 11.8. The van der Waals surface area contributed by atoms with Gasteiger partial charge in [0, 0.05) is 23.5 Å². The Morgan fingerprint density at radius 2 is 0.606 bits per heavy atom. The molecule has 0 N–H and O–H groups in total. The van der Waals surface area contributed by atoms with Crippen LogP contribution < -0.4 is 0 Å². The maximum Gasteiger partial charge on any atom is 0.181 e. The Balaban J connectivity index is 4.35. The molecule has 9 nitrogen and oxygen atoms in total. The van der Waals surface area contributed by atoms with E-state index in [1.165, 1.54) is 0 Å². The van der Waals surface area contributed by atoms with E-state index in [2.05, 4.69) is 0 Å². The minimum atomic E-state index is -0.607. The maximum atomic E-state index is 5.72. The molecule has 0 amide bonds. The van der Waals surface area contributed by atoms with Crippen LogP contribution in [0.5, 0.6) is 0 Å². The van der Waals surface area contributed by atoms with Gasteiger partial charge in [0.05, 0.1) is 92.5 Å². The van der Waals surface area contributed by atoms with E-state index in [0.29, 0.717) is 103 Å². The molecule has 0 aromatic carbocycles. The van der Waals surface area contributed by atoms with Crippen LogP contribution in [0, 0.1) is 0 Å². The summed E-state index contributed by atoms with van der Waals surface area (Å²) in [5, 5.41) is 0. The van der Waals surface area contributed by atoms with E-state index >= 15 is 0 Å². The van der Waals surface area contributed by atoms with E-state index in [0.717, 1.165) is 0 Å². The van der Waals surface area contributed by atoms with Crippen molar-refractivity contribution >= 4 is 46.4 Å². The molecule has 0 radical (unpaired) electrons. The van der Waals surface area contributed by atoms with Crippen LogP contribution in [0.3, 0.4) is 0 Å². The summed E-state index contributed by atoms with van der Waals surface area (Å²) in [6.07, 6.45) is -1.21. The monoisotopic (exact) mass is 562 g/mol. The number of alkyl halides is 4. The molecule has 0 unspecified atom stereocenters. The molecule has 0 rings (SSSR count). The van der Waals surface area contributed by atoms with Crippen molar-refractivity contribution in [3.05, 3.63) is 0 Å². The van der Waals surface area contributed by atoms with Crippen molar-refractivity contribution in [3.8, 4) is 0 Å². The average Bonchev–Trinajstić information content (AvgIpc) is 2.82. The number of rotatable bonds is 28. The van der Waals surface area contributed by atoms with Gasteiger partial charge in [-0.25, -0.2) is 0 Å². The zero-order valence-electron chi connectivity index (χ0n) is 19.1. The molecule has 0 aliphatic heterocycles. The van der Waals surface area contributed by atoms with Gasteiger partial charge in [-0.1, -0.05) is 0 Å². The zero-order chi connectivity index (χ0) is 24.2. The summed E-state index contributed by atoms with van der Waals surface area (Å²) >= 11 is 22.4. The van der Waals surface area contributed by atoms with E-state index < -0.39 is 12.6 Å². The topological polar surface area (TPSA) is 83.1 Å². The molecule has 200 valence electrons. The summed E-state index contributed by atoms with van der Waals surface area (Å²) in [6.45, 7) is 5.08. The molecular formula is C20H38Cl4O9. The van der Waals surface area contributed by atoms with Crippen LogP contribution in [-0.2, 0) is 42.6 Å². The minimum absolute atomic E-state index is 0.166. The highest BCUT2D eigenvalue weighted by atomic mass is 35.5. The lowest BCUT2D eigenvalue weighted by Crippen LogP contribution is -2.31. The van der Waals surface area contributed by atoms with Gasteiger partial charge in [0.25, 0.3) is 0 Å². The first-order valence-electron chi connectivity index (χ1n) is 10.9. The summed E-state index contributed by atoms with van der Waals surface area (Å²) in [5.74, 6) is 1.71. The van der Waals surface area contributed by atoms with Gasteiger partial charge in [0.15, 0.2) is 12.6 Å². The molecule has 0 saturated carbocycles. The van der Waals surface area contributed by atoms with Crippen molar-refractivity contribution in [3.63, 3.8) is 0 Å². The highest BCUT2D eigenvalue weighted by molar-refractivity contribution is 6.18. The quantitative estimate of drug-likeness (QED) is 0.0810. The second-order valence-corrected chi connectivity index (χ2v) is 7.60. The van der Waals surface area contributed by atoms with Gasteiger partial charge >= 0.3 is 0 Å². The van der Waals surface area contributed by atoms with Gasteiger partial charge in [0.2, 0.25) is 0 Å². The van der Waals surface area contributed by atoms with Crippen molar-refractivity contribution in [2.45, 2.75) is 12.6 Å². The fraction of sp³-hybridized carbons (Fsp3) is 1.00. The van der Waals surface area contributed by atoms with Gasteiger partial charge in [-0.05, 0) is 0 Å². The molecule has 0 heterocycles. The Morgan fingerprint density at radius 3 is 0.848 bits per heavy atom. The van der Waals surface area contributed by atoms with Crippen LogP contribution in [-0.4, -0.2) is 129 Å². The first kappa shape index (κ1) is 33.8. The SMILES string of the molecule is ClCCOCCOC(COCC(OCCOCCCl)OCCOCCCl)OCCOCCCl. The highest BCUT2D eigenvalue weighted by Gasteiger charge is 2.15. The third-order valence-electron chi connectivity index (χ3n) is 3.52. The fourth-order valence-electron chi connectivity index (χ4n) is 2.13. The zero-order valence-corrected chi connectivity index (χ0v) is 22.1. The predicted octanol–water partition coefficient (Wildman–Crippen LogP) is 2.74. The number of halogens is 4. The first-order valence-corrected chi connectivity index (χ1v) is 13.0. The Bertz CT molecular complexity index is 316. The average molecular weight is 564 g/mol. The summed E-state index contributed by atoms with van der Waals surface area (Å²) < 4.78 is 49.7. The molecule has 0 aliphatic carbocycles. The second-order valence-electron chi connectivity index (χ2n) is 6.09. The fourth-order valence-corrected chi connectivity index (χ4v) is 2.57. The second kappa shape index (κ2) is 29.0. The molecule has 0 aliphatic rings. The lowest BCUT2D eigenvalue weighted by Gasteiger charge is -2.22. The van der Waals surface area contributed by atoms with Crippen LogP contribution in [0.4, 0.5) is 0 Å². The van der Waals surface area contributed by atoms with Crippen molar-refractivity contribution in [1.29, 1.82) is 0 Å². The molecular weight excluding hydrogens is 526 g/mol. The number of hydrogen-bond donors (Lipinski definition) is 0. The molecule has 0 saturated heterocycles. The molecule has 0 fully saturated rings. The van der Waals surface area contributed by atoms with E-state index in [4.69, 9.17) is 89.0 Å². The third kappa shape index (κ3) is 25.7. The van der Waals surface area contributed by atoms with Gasteiger partial charge in [-0.15, -0.1) is 46.4 Å². The van der Waals surface area contributed by atoms with Crippen molar-refractivity contribution in [2.24, 2.45) is 0 Å². The molecule has 0 atom stereocenters. The van der Waals surface area contributed by atoms with Gasteiger partial charge in [-0.2, -0.15) is 0 Å². The molecule has 0 aromatic rings. The van der Waals surface area contributed by atoms with E-state index in [1.807, 2.05) is 0 Å². The molecule has 0 aromatic heterocycles. The van der Waals surface area contributed by atoms with Crippen LogP contribution in [0.15, 0.2) is 0 Å². The van der Waals surface area contributed by atoms with Crippen LogP contribution >= 0.6 is 46.4 Å². The summed E-state index contributed by atoms with van der Waals surface area (Å²) in [5.41, 5.74) is 0. The van der Waals surface area contributed by atoms with Gasteiger partial charge < -0.3 is 42.6 Å². The van der Waals surface area contributed by atoms with Crippen LogP contribution in [0.25, 0.3) is 0 Å². The third-order valence-corrected chi connectivity index (χ3v) is 4.14. The summed E-state index contributed by atoms with van der Waals surface area (Å²) in [6, 6.07) is 0. The lowest BCUT2D eigenvalue weighted by molar-refractivity contribution is -0.214. The smallest absolute Gasteiger partial charge is 0.181 e. The van der Waals surface area contributed by atoms with E-state index in [1.54, 1.807) is 0 Å². The molecule has 33 heavy (non-hydrogen) atoms. The highest BCUT2D eigenvalue weighted by Crippen LogP contribution is 2.02. The summed E-state index contributed by atoms with van der Waals surface area (Å²) in [7, 11) is 0. The largest absolute Gasteiger partial charge is 0.378 e. The van der Waals surface area contributed by atoms with E-state index in [-0.39, 0.29) is 13.2 Å². The standard InChI is InChI=1S/C20H38Cl4O9/c21-1-5-25-9-13-30-19(31-14-10-26-6-2-22)17-29-18-20(32-15-11-27-7-3-23)33-16-12-28-8-4-24/h19-20H,1-18H2. The Morgan fingerprint density at radius 1 is 0.333 bits per heavy atom. The lowest BCUT2D eigenvalue weighted by atomic mass is 10.6. The maximum absolute atomic E-state index is 5.72. The summed E-state index contributed by atoms with van der Waals surface area (Å²) in [4.78, 5) is 0. The molecule has 0 spiro atoms. The Kier molecular flexibility index (Phi) is 29.7.